The van der Waals surface area contributed by atoms with E-state index in [0.717, 1.165) is 19.5 Å². The van der Waals surface area contributed by atoms with E-state index in [2.05, 4.69) is 9.88 Å². The molecule has 8 heteroatoms. The average Bonchev–Trinajstić information content (AvgIpc) is 2.95. The van der Waals surface area contributed by atoms with Crippen molar-refractivity contribution in [3.63, 3.8) is 0 Å². The maximum absolute atomic E-state index is 11.5. The molecule has 1 aliphatic rings. The van der Waals surface area contributed by atoms with Crippen LogP contribution in [0.2, 0.25) is 0 Å². The van der Waals surface area contributed by atoms with E-state index >= 15 is 0 Å². The number of hydrogen-bond acceptors (Lipinski definition) is 6. The normalized spacial score (nSPS) is 17.6. The van der Waals surface area contributed by atoms with Gasteiger partial charge in [-0.05, 0) is 17.4 Å². The first-order chi connectivity index (χ1) is 11.1. The van der Waals surface area contributed by atoms with Crippen LogP contribution in [0, 0.1) is 10.1 Å². The lowest BCUT2D eigenvalue weighted by Crippen LogP contribution is -2.48. The van der Waals surface area contributed by atoms with Crippen molar-refractivity contribution < 1.29 is 10.0 Å². The van der Waals surface area contributed by atoms with Crippen molar-refractivity contribution in [3.05, 3.63) is 34.5 Å². The fraction of sp³-hybridized carbons (Fsp3) is 0.533. The minimum Gasteiger partial charge on any atom is -0.392 e. The smallest absolute Gasteiger partial charge is 0.372 e. The molecule has 0 bridgehead atoms. The predicted octanol–water partition coefficient (Wildman–Crippen LogP) is 1.14. The summed E-state index contributed by atoms with van der Waals surface area (Å²) in [7, 11) is 0. The first-order valence-corrected chi connectivity index (χ1v) is 7.87. The summed E-state index contributed by atoms with van der Waals surface area (Å²) in [5, 5.41) is 21.2. The van der Waals surface area contributed by atoms with Crippen LogP contribution in [0.5, 0.6) is 0 Å². The van der Waals surface area contributed by atoms with Crippen LogP contribution >= 0.6 is 0 Å². The number of anilines is 1. The molecule has 0 spiro atoms. The van der Waals surface area contributed by atoms with E-state index in [4.69, 9.17) is 0 Å². The van der Waals surface area contributed by atoms with Crippen LogP contribution in [0.1, 0.15) is 13.3 Å². The molecule has 124 valence electrons. The Labute approximate surface area is 134 Å². The van der Waals surface area contributed by atoms with Crippen LogP contribution in [0.4, 0.5) is 11.6 Å². The minimum absolute atomic E-state index is 0.0163. The number of β-amino-alcohol motifs (C(OH)–C–C–N with tert-alkyl or cyclic N) is 1. The first-order valence-electron chi connectivity index (χ1n) is 7.87. The van der Waals surface area contributed by atoms with Gasteiger partial charge in [-0.3, -0.25) is 4.90 Å². The lowest BCUT2D eigenvalue weighted by molar-refractivity contribution is -0.389. The largest absolute Gasteiger partial charge is 0.392 e. The highest BCUT2D eigenvalue weighted by atomic mass is 16.6. The summed E-state index contributed by atoms with van der Waals surface area (Å²) in [6.07, 6.45) is 2.08. The molecule has 0 aromatic carbocycles. The van der Waals surface area contributed by atoms with Gasteiger partial charge in [0, 0.05) is 38.8 Å². The maximum atomic E-state index is 11.5. The molecule has 0 amide bonds. The Hall–Kier alpha value is -2.19. The maximum Gasteiger partial charge on any atom is 0.372 e. The number of aliphatic hydroxyl groups excluding tert-OH is 1. The number of fused-ring (bicyclic) bond motifs is 1. The Morgan fingerprint density at radius 3 is 2.74 bits per heavy atom. The van der Waals surface area contributed by atoms with Gasteiger partial charge in [0.2, 0.25) is 11.5 Å². The van der Waals surface area contributed by atoms with Gasteiger partial charge in [-0.1, -0.05) is 13.0 Å². The van der Waals surface area contributed by atoms with Crippen molar-refractivity contribution in [1.82, 2.24) is 14.3 Å². The van der Waals surface area contributed by atoms with Crippen molar-refractivity contribution in [2.45, 2.75) is 19.4 Å². The van der Waals surface area contributed by atoms with Crippen LogP contribution < -0.4 is 4.90 Å². The van der Waals surface area contributed by atoms with Gasteiger partial charge in [-0.2, -0.15) is 9.38 Å². The zero-order chi connectivity index (χ0) is 16.4. The number of nitrogens with zero attached hydrogens (tertiary/aromatic N) is 5. The summed E-state index contributed by atoms with van der Waals surface area (Å²) in [6, 6.07) is 5.35. The molecule has 1 N–H and O–H groups in total. The van der Waals surface area contributed by atoms with E-state index in [1.807, 2.05) is 17.9 Å². The van der Waals surface area contributed by atoms with Crippen molar-refractivity contribution in [2.24, 2.45) is 0 Å². The lowest BCUT2D eigenvalue weighted by atomic mass is 10.2. The molecule has 1 atom stereocenters. The number of hydrogen-bond donors (Lipinski definition) is 1. The van der Waals surface area contributed by atoms with E-state index < -0.39 is 0 Å². The van der Waals surface area contributed by atoms with Crippen molar-refractivity contribution in [2.75, 3.05) is 37.6 Å². The predicted molar refractivity (Wildman–Crippen MR) is 86.8 cm³/mol. The second-order valence-electron chi connectivity index (χ2n) is 5.79. The van der Waals surface area contributed by atoms with Crippen LogP contribution in [-0.2, 0) is 0 Å². The molecular formula is C15H21N5O3. The Balaban J connectivity index is 1.79. The molecule has 0 unspecified atom stereocenters. The number of imidazole rings is 1. The van der Waals surface area contributed by atoms with Crippen molar-refractivity contribution >= 4 is 17.3 Å². The monoisotopic (exact) mass is 319 g/mol. The molecule has 0 saturated carbocycles. The summed E-state index contributed by atoms with van der Waals surface area (Å²) in [5.41, 5.74) is 0.582. The van der Waals surface area contributed by atoms with Crippen molar-refractivity contribution in [3.8, 4) is 0 Å². The summed E-state index contributed by atoms with van der Waals surface area (Å²) < 4.78 is 1.52. The SMILES string of the molecule is CC[C@@H](O)CN1CCN(c2nc3ccccn3c2[N+](=O)[O-])CC1. The van der Waals surface area contributed by atoms with E-state index in [-0.39, 0.29) is 16.8 Å². The number of nitro groups is 1. The van der Waals surface area contributed by atoms with Gasteiger partial charge in [0.15, 0.2) is 0 Å². The highest BCUT2D eigenvalue weighted by Crippen LogP contribution is 2.29. The van der Waals surface area contributed by atoms with Gasteiger partial charge in [-0.15, -0.1) is 0 Å². The molecule has 23 heavy (non-hydrogen) atoms. The van der Waals surface area contributed by atoms with Crippen LogP contribution in [-0.4, -0.2) is 63.1 Å². The van der Waals surface area contributed by atoms with Crippen LogP contribution in [0.15, 0.2) is 24.4 Å². The minimum atomic E-state index is -0.372. The average molecular weight is 319 g/mol. The van der Waals surface area contributed by atoms with Gasteiger partial charge in [0.25, 0.3) is 0 Å². The van der Waals surface area contributed by atoms with Crippen LogP contribution in [0.3, 0.4) is 0 Å². The molecule has 0 aliphatic carbocycles. The van der Waals surface area contributed by atoms with E-state index in [1.54, 1.807) is 18.3 Å². The molecule has 1 aliphatic heterocycles. The molecular weight excluding hydrogens is 298 g/mol. The first kappa shape index (κ1) is 15.7. The fourth-order valence-electron chi connectivity index (χ4n) is 2.92. The third-order valence-corrected chi connectivity index (χ3v) is 4.27. The Bertz CT molecular complexity index is 693. The third-order valence-electron chi connectivity index (χ3n) is 4.27. The van der Waals surface area contributed by atoms with Gasteiger partial charge >= 0.3 is 5.82 Å². The molecule has 2 aromatic rings. The Morgan fingerprint density at radius 1 is 1.35 bits per heavy atom. The zero-order valence-electron chi connectivity index (χ0n) is 13.1. The number of rotatable bonds is 5. The standard InChI is InChI=1S/C15H21N5O3/c1-2-12(21)11-17-7-9-18(10-8-17)14-15(20(22)23)19-6-4-3-5-13(19)16-14/h3-6,12,21H,2,7-11H2,1H3/t12-/m1/s1. The zero-order valence-corrected chi connectivity index (χ0v) is 13.1. The van der Waals surface area contributed by atoms with E-state index in [9.17, 15) is 15.2 Å². The second kappa shape index (κ2) is 6.51. The molecule has 3 heterocycles. The number of piperazine rings is 1. The van der Waals surface area contributed by atoms with Gasteiger partial charge in [0.1, 0.15) is 0 Å². The Morgan fingerprint density at radius 2 is 2.09 bits per heavy atom. The van der Waals surface area contributed by atoms with Crippen molar-refractivity contribution in [1.29, 1.82) is 0 Å². The lowest BCUT2D eigenvalue weighted by Gasteiger charge is -2.35. The molecule has 0 radical (unpaired) electrons. The number of aromatic nitrogens is 2. The molecule has 3 rings (SSSR count). The topological polar surface area (TPSA) is 87.2 Å². The molecule has 1 fully saturated rings. The summed E-state index contributed by atoms with van der Waals surface area (Å²) >= 11 is 0. The third kappa shape index (κ3) is 3.13. The highest BCUT2D eigenvalue weighted by Gasteiger charge is 2.29. The van der Waals surface area contributed by atoms with Gasteiger partial charge in [0.05, 0.1) is 12.3 Å². The Kier molecular flexibility index (Phi) is 4.44. The number of aliphatic hydroxyl groups is 1. The molecule has 2 aromatic heterocycles. The van der Waals surface area contributed by atoms with E-state index in [0.29, 0.717) is 31.1 Å². The summed E-state index contributed by atoms with van der Waals surface area (Å²) in [5.74, 6) is 0.444. The molecule has 1 saturated heterocycles. The summed E-state index contributed by atoms with van der Waals surface area (Å²) in [6.45, 7) is 5.48. The van der Waals surface area contributed by atoms with Gasteiger partial charge < -0.3 is 20.1 Å². The quantitative estimate of drug-likeness (QED) is 0.657. The van der Waals surface area contributed by atoms with E-state index in [1.165, 1.54) is 4.40 Å². The fourth-order valence-corrected chi connectivity index (χ4v) is 2.92. The highest BCUT2D eigenvalue weighted by molar-refractivity contribution is 5.63. The van der Waals surface area contributed by atoms with Crippen LogP contribution in [0.25, 0.3) is 5.65 Å². The molecule has 8 nitrogen and oxygen atoms in total. The second-order valence-corrected chi connectivity index (χ2v) is 5.79. The van der Waals surface area contributed by atoms with Gasteiger partial charge in [-0.25, -0.2) is 0 Å². The summed E-state index contributed by atoms with van der Waals surface area (Å²) in [4.78, 5) is 19.7. The number of pyridine rings is 1.